The fraction of sp³-hybridized carbons (Fsp3) is 0.429. The molecule has 0 unspecified atom stereocenters. The van der Waals surface area contributed by atoms with E-state index in [1.165, 1.54) is 53.3 Å². The Hall–Kier alpha value is -2.63. The van der Waals surface area contributed by atoms with E-state index < -0.39 is 8.07 Å². The minimum Gasteiger partial charge on any atom is -0.512 e. The molecule has 0 spiro atoms. The molecule has 0 saturated carbocycles. The summed E-state index contributed by atoms with van der Waals surface area (Å²) in [6.45, 7) is 24.4. The van der Waals surface area contributed by atoms with Crippen molar-refractivity contribution in [1.82, 2.24) is 4.98 Å². The number of carbonyl (C=O) groups is 1. The Morgan fingerprint density at radius 1 is 0.896 bits per heavy atom. The summed E-state index contributed by atoms with van der Waals surface area (Å²) in [6.07, 6.45) is 6.87. The standard InChI is InChI=1S/C29H30NSSi.C13H24O2.Ir/c1-18-11-12-19-16-20(17-24(23(19)15-18)29(2,3)4)26-28-22(13-14-30-26)21-9-8-10-25(27(21)31-28)32(5,6)7;1-5-10(6-2)12(14)9-13(15)11(7-3)8-4;/h8-15,17H,1-7H3;9-11,14H,5-8H2,1-4H3;/q-1;;/b;12-9-;. The first kappa shape index (κ1) is 39.8. The molecule has 1 N–H and O–H groups in total. The number of nitrogens with zero attached hydrogens (tertiary/aromatic N) is 1. The van der Waals surface area contributed by atoms with Crippen LogP contribution >= 0.6 is 11.3 Å². The maximum absolute atomic E-state index is 11.7. The minimum atomic E-state index is -1.45. The van der Waals surface area contributed by atoms with Crippen molar-refractivity contribution in [3.05, 3.63) is 83.8 Å². The van der Waals surface area contributed by atoms with Crippen molar-refractivity contribution in [3.8, 4) is 11.3 Å². The predicted molar refractivity (Wildman–Crippen MR) is 209 cm³/mol. The molecular formula is C42H54IrNO2SSi-. The number of hydrogen-bond acceptors (Lipinski definition) is 4. The molecule has 0 amide bonds. The van der Waals surface area contributed by atoms with Crippen LogP contribution in [0.5, 0.6) is 0 Å². The number of hydrogen-bond donors (Lipinski definition) is 1. The summed E-state index contributed by atoms with van der Waals surface area (Å²) < 4.78 is 2.71. The summed E-state index contributed by atoms with van der Waals surface area (Å²) >= 11 is 1.91. The van der Waals surface area contributed by atoms with Crippen molar-refractivity contribution in [2.45, 2.75) is 106 Å². The summed E-state index contributed by atoms with van der Waals surface area (Å²) in [6, 6.07) is 21.7. The van der Waals surface area contributed by atoms with Crippen molar-refractivity contribution in [3.63, 3.8) is 0 Å². The first-order valence-electron chi connectivity index (χ1n) is 17.4. The second-order valence-corrected chi connectivity index (χ2v) is 21.0. The van der Waals surface area contributed by atoms with Crippen molar-refractivity contribution >= 4 is 61.3 Å². The Morgan fingerprint density at radius 3 is 2.10 bits per heavy atom. The van der Waals surface area contributed by atoms with Crippen LogP contribution in [0.3, 0.4) is 0 Å². The van der Waals surface area contributed by atoms with Crippen LogP contribution in [0, 0.1) is 24.8 Å². The van der Waals surface area contributed by atoms with Crippen LogP contribution in [0.4, 0.5) is 0 Å². The quantitative estimate of drug-likeness (QED) is 0.0695. The van der Waals surface area contributed by atoms with Gasteiger partial charge in [0, 0.05) is 59.3 Å². The summed E-state index contributed by atoms with van der Waals surface area (Å²) in [7, 11) is -1.45. The molecule has 0 atom stereocenters. The summed E-state index contributed by atoms with van der Waals surface area (Å²) in [5, 5.41) is 16.4. The van der Waals surface area contributed by atoms with E-state index in [1.54, 1.807) is 0 Å². The van der Waals surface area contributed by atoms with Gasteiger partial charge in [0.2, 0.25) is 0 Å². The third-order valence-electron chi connectivity index (χ3n) is 9.39. The number of thiophene rings is 1. The predicted octanol–water partition coefficient (Wildman–Crippen LogP) is 12.1. The van der Waals surface area contributed by atoms with E-state index >= 15 is 0 Å². The summed E-state index contributed by atoms with van der Waals surface area (Å²) in [5.41, 5.74) is 4.83. The van der Waals surface area contributed by atoms with Gasteiger partial charge >= 0.3 is 0 Å². The Balaban J connectivity index is 0.000000334. The van der Waals surface area contributed by atoms with Gasteiger partial charge in [-0.3, -0.25) is 9.78 Å². The molecule has 1 radical (unpaired) electrons. The third kappa shape index (κ3) is 8.74. The second kappa shape index (κ2) is 16.4. The molecule has 0 fully saturated rings. The van der Waals surface area contributed by atoms with Crippen LogP contribution in [-0.2, 0) is 30.3 Å². The van der Waals surface area contributed by atoms with Crippen molar-refractivity contribution in [2.75, 3.05) is 0 Å². The van der Waals surface area contributed by atoms with E-state index in [9.17, 15) is 9.90 Å². The van der Waals surface area contributed by atoms with Crippen LogP contribution in [-0.4, -0.2) is 23.9 Å². The fourth-order valence-corrected chi connectivity index (χ4v) is 10.1. The molecule has 0 aliphatic heterocycles. The number of allylic oxidation sites excluding steroid dienone is 2. The average Bonchev–Trinajstić information content (AvgIpc) is 3.40. The molecule has 6 heteroatoms. The molecule has 3 nitrogen and oxygen atoms in total. The molecule has 5 aromatic rings. The van der Waals surface area contributed by atoms with Crippen LogP contribution in [0.15, 0.2) is 66.6 Å². The van der Waals surface area contributed by atoms with Gasteiger partial charge in [-0.1, -0.05) is 115 Å². The Kier molecular flexibility index (Phi) is 13.6. The third-order valence-corrected chi connectivity index (χ3v) is 12.9. The number of benzene rings is 3. The Labute approximate surface area is 307 Å². The number of aryl methyl sites for hydroxylation is 1. The Bertz CT molecular complexity index is 1900. The minimum absolute atomic E-state index is 0. The smallest absolute Gasteiger partial charge is 0.162 e. The number of aliphatic hydroxyl groups is 1. The fourth-order valence-electron chi connectivity index (χ4n) is 6.43. The van der Waals surface area contributed by atoms with Gasteiger partial charge in [0.25, 0.3) is 0 Å². The molecule has 0 saturated heterocycles. The molecule has 259 valence electrons. The molecule has 0 bridgehead atoms. The molecule has 3 aromatic carbocycles. The van der Waals surface area contributed by atoms with Gasteiger partial charge in [-0.05, 0) is 60.0 Å². The van der Waals surface area contributed by atoms with Gasteiger partial charge in [0.1, 0.15) is 0 Å². The van der Waals surface area contributed by atoms with Gasteiger partial charge < -0.3 is 5.11 Å². The molecular weight excluding hydrogens is 803 g/mol. The topological polar surface area (TPSA) is 50.2 Å². The first-order chi connectivity index (χ1) is 22.1. The zero-order chi connectivity index (χ0) is 34.7. The van der Waals surface area contributed by atoms with E-state index in [0.29, 0.717) is 0 Å². The van der Waals surface area contributed by atoms with E-state index in [2.05, 4.69) is 102 Å². The SMILES string of the molecule is CCC(CC)C(=O)/C=C(\O)C(CC)CC.Cc1ccc2[c-]c(-c3nccc4c3sc3c([Si](C)(C)C)cccc34)cc(C(C)(C)C)c2c1.[Ir]. The van der Waals surface area contributed by atoms with Crippen molar-refractivity contribution in [2.24, 2.45) is 11.8 Å². The average molecular weight is 857 g/mol. The number of aliphatic hydroxyl groups excluding tert-OH is 1. The number of aromatic nitrogens is 1. The molecule has 0 aliphatic rings. The maximum Gasteiger partial charge on any atom is 0.162 e. The zero-order valence-electron chi connectivity index (χ0n) is 30.8. The molecule has 2 heterocycles. The van der Waals surface area contributed by atoms with Crippen LogP contribution < -0.4 is 5.19 Å². The monoisotopic (exact) mass is 857 g/mol. The normalized spacial score (nSPS) is 12.5. The first-order valence-corrected chi connectivity index (χ1v) is 21.7. The summed E-state index contributed by atoms with van der Waals surface area (Å²) in [5.74, 6) is 0.547. The van der Waals surface area contributed by atoms with Gasteiger partial charge in [-0.15, -0.1) is 40.5 Å². The van der Waals surface area contributed by atoms with Crippen molar-refractivity contribution < 1.29 is 30.0 Å². The number of rotatable bonds is 9. The van der Waals surface area contributed by atoms with Gasteiger partial charge in [-0.2, -0.15) is 0 Å². The van der Waals surface area contributed by atoms with Crippen LogP contribution in [0.25, 0.3) is 42.2 Å². The van der Waals surface area contributed by atoms with E-state index in [-0.39, 0.29) is 48.9 Å². The van der Waals surface area contributed by atoms with E-state index in [0.717, 1.165) is 36.9 Å². The molecule has 48 heavy (non-hydrogen) atoms. The Morgan fingerprint density at radius 2 is 1.52 bits per heavy atom. The number of pyridine rings is 1. The maximum atomic E-state index is 11.7. The number of fused-ring (bicyclic) bond motifs is 4. The van der Waals surface area contributed by atoms with E-state index in [1.807, 2.05) is 45.2 Å². The van der Waals surface area contributed by atoms with Gasteiger partial charge in [-0.25, -0.2) is 0 Å². The number of ketones is 1. The van der Waals surface area contributed by atoms with Crippen molar-refractivity contribution in [1.29, 1.82) is 0 Å². The zero-order valence-corrected chi connectivity index (χ0v) is 35.0. The second-order valence-electron chi connectivity index (χ2n) is 15.0. The van der Waals surface area contributed by atoms with Crippen LogP contribution in [0.2, 0.25) is 19.6 Å². The summed E-state index contributed by atoms with van der Waals surface area (Å²) in [4.78, 5) is 16.6. The molecule has 2 aromatic heterocycles. The van der Waals surface area contributed by atoms with E-state index in [4.69, 9.17) is 4.98 Å². The van der Waals surface area contributed by atoms with Gasteiger partial charge in [0.05, 0.1) is 13.8 Å². The van der Waals surface area contributed by atoms with Gasteiger partial charge in [0.15, 0.2) is 5.78 Å². The number of carbonyl (C=O) groups excluding carboxylic acids is 1. The largest absolute Gasteiger partial charge is 0.512 e. The van der Waals surface area contributed by atoms with Crippen LogP contribution in [0.1, 0.15) is 85.3 Å². The molecule has 0 aliphatic carbocycles. The molecule has 5 rings (SSSR count).